The highest BCUT2D eigenvalue weighted by Gasteiger charge is 2.23. The highest BCUT2D eigenvalue weighted by molar-refractivity contribution is 7.98. The van der Waals surface area contributed by atoms with E-state index in [4.69, 9.17) is 4.42 Å². The van der Waals surface area contributed by atoms with E-state index < -0.39 is 0 Å². The van der Waals surface area contributed by atoms with Gasteiger partial charge in [-0.05, 0) is 67.1 Å². The number of nitrogens with one attached hydrogen (secondary N) is 1. The van der Waals surface area contributed by atoms with Crippen LogP contribution in [0.3, 0.4) is 0 Å². The van der Waals surface area contributed by atoms with Gasteiger partial charge in [-0.15, -0.1) is 11.8 Å². The summed E-state index contributed by atoms with van der Waals surface area (Å²) in [5, 5.41) is 3.57. The van der Waals surface area contributed by atoms with E-state index in [1.54, 1.807) is 11.8 Å². The average Bonchev–Trinajstić information content (AvgIpc) is 3.27. The van der Waals surface area contributed by atoms with E-state index >= 15 is 0 Å². The van der Waals surface area contributed by atoms with Crippen LogP contribution in [0.5, 0.6) is 0 Å². The van der Waals surface area contributed by atoms with Crippen molar-refractivity contribution in [2.24, 2.45) is 5.92 Å². The summed E-state index contributed by atoms with van der Waals surface area (Å²) in [5.74, 6) is 1.79. The van der Waals surface area contributed by atoms with Crippen LogP contribution < -0.4 is 5.32 Å². The number of thioether (sulfide) groups is 1. The third-order valence-corrected chi connectivity index (χ3v) is 7.66. The average molecular weight is 460 g/mol. The number of allylic oxidation sites excluding steroid dienone is 2. The smallest absolute Gasteiger partial charge is 0.161 e. The molecule has 5 rings (SSSR count). The van der Waals surface area contributed by atoms with Gasteiger partial charge >= 0.3 is 0 Å². The number of hydrogen-bond acceptors (Lipinski definition) is 5. The normalized spacial score (nSPS) is 18.4. The van der Waals surface area contributed by atoms with Gasteiger partial charge in [0.05, 0.1) is 6.17 Å². The van der Waals surface area contributed by atoms with Gasteiger partial charge in [-0.1, -0.05) is 38.3 Å². The molecule has 3 heterocycles. The molecule has 0 radical (unpaired) electrons. The Balaban J connectivity index is 1.42. The highest BCUT2D eigenvalue weighted by Crippen LogP contribution is 2.34. The minimum absolute atomic E-state index is 0.210. The van der Waals surface area contributed by atoms with E-state index in [0.29, 0.717) is 0 Å². The van der Waals surface area contributed by atoms with Crippen molar-refractivity contribution < 1.29 is 4.42 Å². The number of fused-ring (bicyclic) bond motifs is 1. The van der Waals surface area contributed by atoms with E-state index in [0.717, 1.165) is 53.4 Å². The maximum atomic E-state index is 6.38. The highest BCUT2D eigenvalue weighted by atomic mass is 32.2. The first-order valence-electron chi connectivity index (χ1n) is 12.2. The van der Waals surface area contributed by atoms with Gasteiger partial charge in [0.15, 0.2) is 5.58 Å². The number of benzene rings is 1. The summed E-state index contributed by atoms with van der Waals surface area (Å²) in [5.41, 5.74) is 5.13. The standard InChI is InChI=1S/C28H33N3OS/c1-3-16-31(17-13-20-5-4-6-20)27-18-22(11-14-30-27)24-12-15-29-25-19-26(32-28(24)25)21-7-9-23(33-2)10-8-21/h7-12,14-15,18-20,27,30H,3-6,13,16-17H2,1-2H3. The van der Waals surface area contributed by atoms with E-state index in [1.807, 2.05) is 6.20 Å². The van der Waals surface area contributed by atoms with Gasteiger partial charge < -0.3 is 9.73 Å². The minimum Gasteiger partial charge on any atom is -0.454 e. The lowest BCUT2D eigenvalue weighted by Gasteiger charge is -2.34. The Morgan fingerprint density at radius 1 is 1.15 bits per heavy atom. The van der Waals surface area contributed by atoms with Crippen LogP contribution in [-0.2, 0) is 0 Å². The van der Waals surface area contributed by atoms with Crippen LogP contribution in [0.2, 0.25) is 0 Å². The molecule has 172 valence electrons. The molecular weight excluding hydrogens is 426 g/mol. The minimum atomic E-state index is 0.210. The molecule has 33 heavy (non-hydrogen) atoms. The Bertz CT molecular complexity index is 1140. The van der Waals surface area contributed by atoms with Gasteiger partial charge in [0, 0.05) is 41.4 Å². The maximum Gasteiger partial charge on any atom is 0.161 e. The summed E-state index contributed by atoms with van der Waals surface area (Å²) >= 11 is 1.75. The maximum absolute atomic E-state index is 6.38. The van der Waals surface area contributed by atoms with Crippen LogP contribution in [0.15, 0.2) is 70.3 Å². The molecule has 0 saturated heterocycles. The molecule has 1 unspecified atom stereocenters. The summed E-state index contributed by atoms with van der Waals surface area (Å²) in [6, 6.07) is 12.6. The zero-order valence-electron chi connectivity index (χ0n) is 19.6. The summed E-state index contributed by atoms with van der Waals surface area (Å²) < 4.78 is 6.38. The first-order chi connectivity index (χ1) is 16.2. The number of rotatable bonds is 9. The summed E-state index contributed by atoms with van der Waals surface area (Å²) in [7, 11) is 0. The van der Waals surface area contributed by atoms with Crippen LogP contribution >= 0.6 is 11.8 Å². The van der Waals surface area contributed by atoms with Gasteiger partial charge in [-0.2, -0.15) is 0 Å². The number of aromatic nitrogens is 1. The van der Waals surface area contributed by atoms with Crippen molar-refractivity contribution in [1.29, 1.82) is 0 Å². The Hall–Kier alpha value is -2.50. The Labute approximate surface area is 201 Å². The van der Waals surface area contributed by atoms with Crippen LogP contribution in [-0.4, -0.2) is 35.4 Å². The first-order valence-corrected chi connectivity index (χ1v) is 13.4. The number of furan rings is 1. The molecule has 0 amide bonds. The Morgan fingerprint density at radius 2 is 2.00 bits per heavy atom. The molecule has 1 saturated carbocycles. The fourth-order valence-corrected chi connectivity index (χ4v) is 5.18. The first kappa shape index (κ1) is 22.3. The predicted molar refractivity (Wildman–Crippen MR) is 139 cm³/mol. The molecule has 1 aliphatic carbocycles. The van der Waals surface area contributed by atoms with Crippen molar-refractivity contribution in [3.05, 3.63) is 66.5 Å². The fourth-order valence-electron chi connectivity index (χ4n) is 4.77. The number of dihydropyridines is 1. The summed E-state index contributed by atoms with van der Waals surface area (Å²) in [6.07, 6.45) is 17.5. The lowest BCUT2D eigenvalue weighted by Crippen LogP contribution is -2.44. The Morgan fingerprint density at radius 3 is 2.73 bits per heavy atom. The van der Waals surface area contributed by atoms with E-state index in [2.05, 4.69) is 83.1 Å². The van der Waals surface area contributed by atoms with Crippen molar-refractivity contribution in [3.8, 4) is 11.3 Å². The molecule has 4 nitrogen and oxygen atoms in total. The second-order valence-electron chi connectivity index (χ2n) is 9.10. The molecule has 2 aliphatic rings. The number of pyridine rings is 1. The zero-order valence-corrected chi connectivity index (χ0v) is 20.4. The second-order valence-corrected chi connectivity index (χ2v) is 9.98. The molecule has 3 aromatic rings. The van der Waals surface area contributed by atoms with Crippen molar-refractivity contribution in [2.45, 2.75) is 50.1 Å². The molecule has 5 heteroatoms. The Kier molecular flexibility index (Phi) is 6.88. The lowest BCUT2D eigenvalue weighted by atomic mass is 9.83. The molecule has 0 spiro atoms. The van der Waals surface area contributed by atoms with Crippen LogP contribution in [0.1, 0.15) is 44.6 Å². The topological polar surface area (TPSA) is 41.3 Å². The molecule has 2 aromatic heterocycles. The molecule has 1 N–H and O–H groups in total. The van der Waals surface area contributed by atoms with Gasteiger partial charge in [-0.25, -0.2) is 0 Å². The largest absolute Gasteiger partial charge is 0.454 e. The third-order valence-electron chi connectivity index (χ3n) is 6.92. The molecule has 1 aliphatic heterocycles. The summed E-state index contributed by atoms with van der Waals surface area (Å²) in [6.45, 7) is 4.52. The summed E-state index contributed by atoms with van der Waals surface area (Å²) in [4.78, 5) is 8.42. The fraction of sp³-hybridized carbons (Fsp3) is 0.393. The predicted octanol–water partition coefficient (Wildman–Crippen LogP) is 6.95. The molecule has 1 aromatic carbocycles. The van der Waals surface area contributed by atoms with Gasteiger partial charge in [0.1, 0.15) is 11.3 Å². The van der Waals surface area contributed by atoms with E-state index in [1.165, 1.54) is 36.2 Å². The van der Waals surface area contributed by atoms with Crippen molar-refractivity contribution >= 4 is 28.4 Å². The number of nitrogens with zero attached hydrogens (tertiary/aromatic N) is 2. The second kappa shape index (κ2) is 10.2. The van der Waals surface area contributed by atoms with Crippen LogP contribution in [0, 0.1) is 5.92 Å². The van der Waals surface area contributed by atoms with Gasteiger partial charge in [0.2, 0.25) is 0 Å². The van der Waals surface area contributed by atoms with Crippen molar-refractivity contribution in [2.75, 3.05) is 19.3 Å². The monoisotopic (exact) mass is 459 g/mol. The zero-order chi connectivity index (χ0) is 22.6. The van der Waals surface area contributed by atoms with Crippen LogP contribution in [0.4, 0.5) is 0 Å². The van der Waals surface area contributed by atoms with E-state index in [-0.39, 0.29) is 6.17 Å². The van der Waals surface area contributed by atoms with Crippen molar-refractivity contribution in [3.63, 3.8) is 0 Å². The van der Waals surface area contributed by atoms with Gasteiger partial charge in [-0.3, -0.25) is 9.88 Å². The number of hydrogen-bond donors (Lipinski definition) is 1. The lowest BCUT2D eigenvalue weighted by molar-refractivity contribution is 0.175. The van der Waals surface area contributed by atoms with Gasteiger partial charge in [0.25, 0.3) is 0 Å². The quantitative estimate of drug-likeness (QED) is 0.351. The SMILES string of the molecule is CCCN(CCC1CCC1)C1C=C(c2ccnc3cc(-c4ccc(SC)cc4)oc23)C=CN1. The molecular formula is C28H33N3OS. The van der Waals surface area contributed by atoms with E-state index in [9.17, 15) is 0 Å². The molecule has 1 fully saturated rings. The molecule has 0 bridgehead atoms. The molecule has 1 atom stereocenters. The van der Waals surface area contributed by atoms with Crippen molar-refractivity contribution in [1.82, 2.24) is 15.2 Å². The van der Waals surface area contributed by atoms with Crippen LogP contribution in [0.25, 0.3) is 28.0 Å². The third kappa shape index (κ3) is 4.90.